The molecule has 0 aromatic carbocycles. The smallest absolute Gasteiger partial charge is 0.215 e. The van der Waals surface area contributed by atoms with Crippen molar-refractivity contribution in [3.05, 3.63) is 0 Å². The Kier molecular flexibility index (Phi) is 4.05. The highest BCUT2D eigenvalue weighted by Crippen LogP contribution is 1.61. The van der Waals surface area contributed by atoms with Crippen LogP contribution < -0.4 is 0 Å². The number of carbonyl (C=O) groups is 1. The Morgan fingerprint density at radius 1 is 2.00 bits per heavy atom. The average molecular weight is 89.3 g/mol. The summed E-state index contributed by atoms with van der Waals surface area (Å²) in [6.45, 7) is 0. The summed E-state index contributed by atoms with van der Waals surface area (Å²) in [7, 11) is 1.33. The van der Waals surface area contributed by atoms with Gasteiger partial charge in [0.1, 0.15) is 0 Å². The molecule has 0 saturated heterocycles. The van der Waals surface area contributed by atoms with Crippen LogP contribution in [-0.2, 0) is 4.79 Å². The highest BCUT2D eigenvalue weighted by Gasteiger charge is 1.74. The number of hydrogen-bond donors (Lipinski definition) is 0. The molecule has 0 rings (SSSR count). The van der Waals surface area contributed by atoms with Crippen LogP contribution in [0.4, 0.5) is 0 Å². The molecule has 0 saturated carbocycles. The third-order valence-electron chi connectivity index (χ3n) is 0.185. The van der Waals surface area contributed by atoms with E-state index in [1.807, 2.05) is 0 Å². The minimum Gasteiger partial charge on any atom is -0.315 e. The van der Waals surface area contributed by atoms with Gasteiger partial charge in [-0.2, -0.15) is 0 Å². The normalized spacial score (nSPS) is 6.60. The van der Waals surface area contributed by atoms with E-state index < -0.39 is 0 Å². The van der Waals surface area contributed by atoms with Crippen LogP contribution in [0, 0.1) is 0 Å². The molecule has 0 atom stereocenters. The van der Waals surface area contributed by atoms with Gasteiger partial charge in [-0.25, -0.2) is 0 Å². The first kappa shape index (κ1) is 5.02. The van der Waals surface area contributed by atoms with Crippen molar-refractivity contribution < 1.29 is 4.79 Å². The summed E-state index contributed by atoms with van der Waals surface area (Å²) in [5.74, 6) is 0.323. The molecule has 3 heteroatoms. The van der Waals surface area contributed by atoms with Crippen LogP contribution in [0.15, 0.2) is 0 Å². The van der Waals surface area contributed by atoms with Gasteiger partial charge in [0.2, 0.25) is 7.28 Å². The van der Waals surface area contributed by atoms with E-state index in [1.165, 1.54) is 7.28 Å². The summed E-state index contributed by atoms with van der Waals surface area (Å²) in [6, 6.07) is 0. The number of hydrogen-bond acceptors (Lipinski definition) is 1. The Hall–Kier alpha value is 0.0249. The van der Waals surface area contributed by atoms with Gasteiger partial charge in [0.25, 0.3) is 0 Å². The maximum absolute atomic E-state index is 9.26. The molecular weight excluding hydrogens is 86.3 g/mol. The SMILES string of the molecule is O=C[B]CCl. The summed E-state index contributed by atoms with van der Waals surface area (Å²) in [4.78, 5) is 9.26. The maximum Gasteiger partial charge on any atom is 0.215 e. The Morgan fingerprint density at radius 2 is 2.60 bits per heavy atom. The molecule has 0 aliphatic rings. The number of carbonyl (C=O) groups excluding carboxylic acids is 1. The van der Waals surface area contributed by atoms with E-state index in [-0.39, 0.29) is 0 Å². The third kappa shape index (κ3) is 4.02. The second kappa shape index (κ2) is 4.02. The zero-order chi connectivity index (χ0) is 4.12. The Morgan fingerprint density at radius 3 is 2.60 bits per heavy atom. The van der Waals surface area contributed by atoms with Gasteiger partial charge in [0, 0.05) is 5.78 Å². The lowest BCUT2D eigenvalue weighted by Crippen LogP contribution is -1.89. The topological polar surface area (TPSA) is 17.1 Å². The standard InChI is InChI=1S/C2H3BClO/c4-1-3-2-5/h2H,1H2. The van der Waals surface area contributed by atoms with Crippen molar-refractivity contribution in [2.24, 2.45) is 0 Å². The molecule has 0 heterocycles. The zero-order valence-electron chi connectivity index (χ0n) is 2.65. The van der Waals surface area contributed by atoms with Crippen molar-refractivity contribution in [1.29, 1.82) is 0 Å². The minimum absolute atomic E-state index is 0.323. The summed E-state index contributed by atoms with van der Waals surface area (Å²) in [5, 5.41) is 0. The monoisotopic (exact) mass is 89.0 g/mol. The third-order valence-corrected chi connectivity index (χ3v) is 0.363. The number of rotatable bonds is 2. The van der Waals surface area contributed by atoms with Gasteiger partial charge in [0.15, 0.2) is 0 Å². The Balaban J connectivity index is 2.40. The molecule has 0 unspecified atom stereocenters. The van der Waals surface area contributed by atoms with E-state index in [1.54, 1.807) is 0 Å². The van der Waals surface area contributed by atoms with Crippen LogP contribution in [0.1, 0.15) is 0 Å². The maximum atomic E-state index is 9.26. The first-order valence-electron chi connectivity index (χ1n) is 1.24. The first-order valence-corrected chi connectivity index (χ1v) is 1.78. The zero-order valence-corrected chi connectivity index (χ0v) is 3.40. The minimum atomic E-state index is 0.323. The van der Waals surface area contributed by atoms with Gasteiger partial charge < -0.3 is 4.79 Å². The van der Waals surface area contributed by atoms with Crippen LogP contribution in [0.2, 0.25) is 0 Å². The van der Waals surface area contributed by atoms with Crippen LogP contribution >= 0.6 is 11.6 Å². The highest BCUT2D eigenvalue weighted by atomic mass is 35.5. The lowest BCUT2D eigenvalue weighted by atomic mass is 9.86. The van der Waals surface area contributed by atoms with Gasteiger partial charge >= 0.3 is 0 Å². The number of halogens is 1. The molecule has 0 N–H and O–H groups in total. The molecule has 5 heavy (non-hydrogen) atoms. The molecule has 27 valence electrons. The molecular formula is C2H3BClO. The van der Waals surface area contributed by atoms with E-state index in [0.29, 0.717) is 12.0 Å². The first-order chi connectivity index (χ1) is 2.41. The molecule has 0 aromatic rings. The Bertz CT molecular complexity index is 30.8. The van der Waals surface area contributed by atoms with Crippen LogP contribution in [0.3, 0.4) is 0 Å². The Labute approximate surface area is 36.6 Å². The fraction of sp³-hybridized carbons (Fsp3) is 0.500. The van der Waals surface area contributed by atoms with Crippen molar-refractivity contribution >= 4 is 25.1 Å². The van der Waals surface area contributed by atoms with E-state index in [0.717, 1.165) is 0 Å². The van der Waals surface area contributed by atoms with E-state index >= 15 is 0 Å². The highest BCUT2D eigenvalue weighted by molar-refractivity contribution is 6.72. The molecule has 0 aliphatic carbocycles. The van der Waals surface area contributed by atoms with E-state index in [2.05, 4.69) is 0 Å². The fourth-order valence-electron chi connectivity index (χ4n) is 0.0364. The molecule has 1 radical (unpaired) electrons. The number of alkyl halides is 1. The molecule has 1 nitrogen and oxygen atoms in total. The summed E-state index contributed by atoms with van der Waals surface area (Å²) in [6.07, 6.45) is 0.674. The fourth-order valence-corrected chi connectivity index (χ4v) is 0.109. The van der Waals surface area contributed by atoms with Gasteiger partial charge in [-0.05, 0) is 0 Å². The lowest BCUT2D eigenvalue weighted by Gasteiger charge is -1.61. The van der Waals surface area contributed by atoms with Crippen LogP contribution in [0.5, 0.6) is 0 Å². The van der Waals surface area contributed by atoms with Gasteiger partial charge in [-0.1, -0.05) is 0 Å². The molecule has 0 bridgehead atoms. The van der Waals surface area contributed by atoms with Crippen molar-refractivity contribution in [2.45, 2.75) is 0 Å². The quantitative estimate of drug-likeness (QED) is 0.266. The second-order valence-corrected chi connectivity index (χ2v) is 0.835. The van der Waals surface area contributed by atoms with Crippen LogP contribution in [0.25, 0.3) is 0 Å². The van der Waals surface area contributed by atoms with Crippen LogP contribution in [-0.4, -0.2) is 19.2 Å². The summed E-state index contributed by atoms with van der Waals surface area (Å²) >= 11 is 5.01. The van der Waals surface area contributed by atoms with Crippen molar-refractivity contribution in [2.75, 3.05) is 5.78 Å². The van der Waals surface area contributed by atoms with Gasteiger partial charge in [0.05, 0.1) is 6.19 Å². The molecule has 0 spiro atoms. The lowest BCUT2D eigenvalue weighted by molar-refractivity contribution is 0.568. The van der Waals surface area contributed by atoms with Crippen molar-refractivity contribution in [3.8, 4) is 0 Å². The van der Waals surface area contributed by atoms with E-state index in [4.69, 9.17) is 11.6 Å². The van der Waals surface area contributed by atoms with Crippen molar-refractivity contribution in [3.63, 3.8) is 0 Å². The molecule has 0 aromatic heterocycles. The summed E-state index contributed by atoms with van der Waals surface area (Å²) < 4.78 is 0. The molecule has 0 fully saturated rings. The second-order valence-electron chi connectivity index (χ2n) is 0.526. The predicted molar refractivity (Wildman–Crippen MR) is 23.2 cm³/mol. The van der Waals surface area contributed by atoms with Crippen molar-refractivity contribution in [1.82, 2.24) is 0 Å². The largest absolute Gasteiger partial charge is 0.315 e. The average Bonchev–Trinajstić information content (AvgIpc) is 1.41. The predicted octanol–water partition coefficient (Wildman–Crippen LogP) is 0.0771. The van der Waals surface area contributed by atoms with E-state index in [9.17, 15) is 4.79 Å². The molecule has 0 amide bonds. The van der Waals surface area contributed by atoms with Gasteiger partial charge in [-0.3, -0.25) is 0 Å². The summed E-state index contributed by atoms with van der Waals surface area (Å²) in [5.41, 5.74) is 0. The van der Waals surface area contributed by atoms with Gasteiger partial charge in [-0.15, -0.1) is 11.6 Å². The molecule has 0 aliphatic heterocycles.